The third-order valence-corrected chi connectivity index (χ3v) is 3.68. The molecule has 1 aliphatic rings. The zero-order valence-electron chi connectivity index (χ0n) is 10.3. The molecular weight excluding hydrogens is 268 g/mol. The molecule has 2 aromatic rings. The Kier molecular flexibility index (Phi) is 3.08. The lowest BCUT2D eigenvalue weighted by atomic mass is 9.88. The van der Waals surface area contributed by atoms with Crippen LogP contribution in [0.1, 0.15) is 6.92 Å². The molecule has 1 aliphatic heterocycles. The topological polar surface area (TPSA) is 95.6 Å². The maximum absolute atomic E-state index is 12.0. The van der Waals surface area contributed by atoms with E-state index in [0.717, 1.165) is 13.1 Å². The molecule has 1 saturated heterocycles. The van der Waals surface area contributed by atoms with Gasteiger partial charge in [0, 0.05) is 5.92 Å². The number of hydrogen-bond acceptors (Lipinski definition) is 5. The number of anilines is 1. The fourth-order valence-corrected chi connectivity index (χ4v) is 2.18. The second-order valence-corrected chi connectivity index (χ2v) is 4.99. The van der Waals surface area contributed by atoms with Crippen molar-refractivity contribution in [2.45, 2.75) is 6.92 Å². The van der Waals surface area contributed by atoms with Crippen LogP contribution in [0.4, 0.5) is 5.95 Å². The van der Waals surface area contributed by atoms with E-state index in [1.54, 1.807) is 0 Å². The first kappa shape index (κ1) is 12.3. The molecule has 3 heterocycles. The van der Waals surface area contributed by atoms with Crippen LogP contribution in [0.3, 0.4) is 0 Å². The van der Waals surface area contributed by atoms with E-state index in [2.05, 4.69) is 30.6 Å². The first-order valence-electron chi connectivity index (χ1n) is 6.03. The SMILES string of the molecule is CC(C(=O)Nc1nc(Cl)c2[nH]cnc2n1)C1CNC1. The first-order chi connectivity index (χ1) is 9.15. The lowest BCUT2D eigenvalue weighted by Crippen LogP contribution is -2.48. The van der Waals surface area contributed by atoms with Gasteiger partial charge in [0.1, 0.15) is 5.52 Å². The summed E-state index contributed by atoms with van der Waals surface area (Å²) < 4.78 is 0. The summed E-state index contributed by atoms with van der Waals surface area (Å²) >= 11 is 5.98. The van der Waals surface area contributed by atoms with E-state index in [9.17, 15) is 4.79 Å². The molecule has 3 N–H and O–H groups in total. The quantitative estimate of drug-likeness (QED) is 0.723. The van der Waals surface area contributed by atoms with Gasteiger partial charge in [-0.15, -0.1) is 0 Å². The molecule has 7 nitrogen and oxygen atoms in total. The number of carbonyl (C=O) groups excluding carboxylic acids is 1. The number of hydrogen-bond donors (Lipinski definition) is 3. The lowest BCUT2D eigenvalue weighted by molar-refractivity contribution is -0.121. The van der Waals surface area contributed by atoms with Crippen molar-refractivity contribution < 1.29 is 4.79 Å². The molecule has 0 spiro atoms. The Hall–Kier alpha value is -1.73. The van der Waals surface area contributed by atoms with Crippen LogP contribution in [0.2, 0.25) is 5.15 Å². The van der Waals surface area contributed by atoms with Gasteiger partial charge >= 0.3 is 0 Å². The highest BCUT2D eigenvalue weighted by molar-refractivity contribution is 6.33. The highest BCUT2D eigenvalue weighted by Crippen LogP contribution is 2.20. The fourth-order valence-electron chi connectivity index (χ4n) is 1.96. The van der Waals surface area contributed by atoms with Crippen molar-refractivity contribution in [3.8, 4) is 0 Å². The van der Waals surface area contributed by atoms with E-state index in [0.29, 0.717) is 17.1 Å². The van der Waals surface area contributed by atoms with Gasteiger partial charge in [0.15, 0.2) is 10.8 Å². The van der Waals surface area contributed by atoms with E-state index < -0.39 is 0 Å². The molecule has 1 unspecified atom stereocenters. The number of H-pyrrole nitrogens is 1. The Balaban J connectivity index is 1.78. The maximum Gasteiger partial charge on any atom is 0.233 e. The minimum absolute atomic E-state index is 0.0847. The van der Waals surface area contributed by atoms with Gasteiger partial charge in [-0.2, -0.15) is 9.97 Å². The maximum atomic E-state index is 12.0. The summed E-state index contributed by atoms with van der Waals surface area (Å²) in [5.74, 6) is 0.370. The third kappa shape index (κ3) is 2.26. The van der Waals surface area contributed by atoms with Crippen molar-refractivity contribution >= 4 is 34.6 Å². The van der Waals surface area contributed by atoms with Crippen molar-refractivity contribution in [1.29, 1.82) is 0 Å². The van der Waals surface area contributed by atoms with E-state index >= 15 is 0 Å². The van der Waals surface area contributed by atoms with Gasteiger partial charge in [0.05, 0.1) is 6.33 Å². The molecular formula is C11H13ClN6O. The van der Waals surface area contributed by atoms with Crippen molar-refractivity contribution in [2.75, 3.05) is 18.4 Å². The summed E-state index contributed by atoms with van der Waals surface area (Å²) in [6.45, 7) is 3.64. The number of aromatic amines is 1. The number of imidazole rings is 1. The second-order valence-electron chi connectivity index (χ2n) is 4.64. The van der Waals surface area contributed by atoms with Gasteiger partial charge in [-0.3, -0.25) is 10.1 Å². The molecule has 100 valence electrons. The smallest absolute Gasteiger partial charge is 0.233 e. The highest BCUT2D eigenvalue weighted by Gasteiger charge is 2.29. The Labute approximate surface area is 114 Å². The van der Waals surface area contributed by atoms with E-state index in [1.165, 1.54) is 6.33 Å². The molecule has 0 aliphatic carbocycles. The van der Waals surface area contributed by atoms with Crippen LogP contribution in [0.5, 0.6) is 0 Å². The van der Waals surface area contributed by atoms with Crippen LogP contribution in [-0.2, 0) is 4.79 Å². The predicted octanol–water partition coefficient (Wildman–Crippen LogP) is 0.800. The van der Waals surface area contributed by atoms with Gasteiger partial charge in [-0.1, -0.05) is 18.5 Å². The van der Waals surface area contributed by atoms with E-state index in [4.69, 9.17) is 11.6 Å². The zero-order chi connectivity index (χ0) is 13.4. The fraction of sp³-hybridized carbons (Fsp3) is 0.455. The van der Waals surface area contributed by atoms with Crippen LogP contribution in [0.25, 0.3) is 11.2 Å². The summed E-state index contributed by atoms with van der Waals surface area (Å²) in [4.78, 5) is 27.1. The van der Waals surface area contributed by atoms with Crippen LogP contribution >= 0.6 is 11.6 Å². The largest absolute Gasteiger partial charge is 0.341 e. The first-order valence-corrected chi connectivity index (χ1v) is 6.41. The third-order valence-electron chi connectivity index (χ3n) is 3.41. The van der Waals surface area contributed by atoms with Crippen LogP contribution < -0.4 is 10.6 Å². The van der Waals surface area contributed by atoms with Crippen LogP contribution in [0.15, 0.2) is 6.33 Å². The van der Waals surface area contributed by atoms with Gasteiger partial charge < -0.3 is 10.3 Å². The van der Waals surface area contributed by atoms with Crippen molar-refractivity contribution in [3.05, 3.63) is 11.5 Å². The summed E-state index contributed by atoms with van der Waals surface area (Å²) in [5, 5.41) is 6.08. The average Bonchev–Trinajstić information content (AvgIpc) is 2.75. The van der Waals surface area contributed by atoms with Gasteiger partial charge in [0.25, 0.3) is 0 Å². The summed E-state index contributed by atoms with van der Waals surface area (Å²) in [6.07, 6.45) is 1.49. The van der Waals surface area contributed by atoms with E-state index in [1.807, 2.05) is 6.92 Å². The molecule has 1 fully saturated rings. The molecule has 3 rings (SSSR count). The standard InChI is InChI=1S/C11H13ClN6O/c1-5(6-2-13-3-6)10(19)18-11-16-8(12)7-9(17-11)15-4-14-7/h4-6,13H,2-3H2,1H3,(H2,14,15,16,17,18,19). The number of aromatic nitrogens is 4. The van der Waals surface area contributed by atoms with Gasteiger partial charge in [-0.05, 0) is 19.0 Å². The minimum Gasteiger partial charge on any atom is -0.341 e. The van der Waals surface area contributed by atoms with Gasteiger partial charge in [-0.25, -0.2) is 4.98 Å². The highest BCUT2D eigenvalue weighted by atomic mass is 35.5. The second kappa shape index (κ2) is 4.75. The molecule has 1 atom stereocenters. The summed E-state index contributed by atoms with van der Waals surface area (Å²) in [6, 6.07) is 0. The average molecular weight is 281 g/mol. The molecule has 0 bridgehead atoms. The number of nitrogens with one attached hydrogen (secondary N) is 3. The molecule has 0 aromatic carbocycles. The molecule has 0 saturated carbocycles. The number of carbonyl (C=O) groups is 1. The molecule has 0 radical (unpaired) electrons. The Bertz CT molecular complexity index is 623. The number of rotatable bonds is 3. The van der Waals surface area contributed by atoms with E-state index in [-0.39, 0.29) is 22.9 Å². The Morgan fingerprint density at radius 3 is 3.00 bits per heavy atom. The Morgan fingerprint density at radius 2 is 2.32 bits per heavy atom. The summed E-state index contributed by atoms with van der Waals surface area (Å²) in [5.41, 5.74) is 1.00. The number of fused-ring (bicyclic) bond motifs is 1. The van der Waals surface area contributed by atoms with Crippen LogP contribution in [-0.4, -0.2) is 38.9 Å². The number of amides is 1. The lowest BCUT2D eigenvalue weighted by Gasteiger charge is -2.31. The summed E-state index contributed by atoms with van der Waals surface area (Å²) in [7, 11) is 0. The van der Waals surface area contributed by atoms with Crippen LogP contribution in [0, 0.1) is 11.8 Å². The number of halogens is 1. The normalized spacial score (nSPS) is 17.2. The van der Waals surface area contributed by atoms with Crippen molar-refractivity contribution in [2.24, 2.45) is 11.8 Å². The zero-order valence-corrected chi connectivity index (χ0v) is 11.0. The van der Waals surface area contributed by atoms with Crippen molar-refractivity contribution in [3.63, 3.8) is 0 Å². The molecule has 8 heteroatoms. The monoisotopic (exact) mass is 280 g/mol. The molecule has 2 aromatic heterocycles. The molecule has 1 amide bonds. The number of nitrogens with zero attached hydrogens (tertiary/aromatic N) is 3. The van der Waals surface area contributed by atoms with Gasteiger partial charge in [0.2, 0.25) is 11.9 Å². The minimum atomic E-state index is -0.0996. The van der Waals surface area contributed by atoms with Crippen molar-refractivity contribution in [1.82, 2.24) is 25.3 Å². The molecule has 19 heavy (non-hydrogen) atoms. The predicted molar refractivity (Wildman–Crippen MR) is 70.8 cm³/mol. The Morgan fingerprint density at radius 1 is 1.53 bits per heavy atom.